The van der Waals surface area contributed by atoms with Crippen molar-refractivity contribution in [3.05, 3.63) is 0 Å². The van der Waals surface area contributed by atoms with Gasteiger partial charge in [-0.05, 0) is 25.8 Å². The number of amides is 1. The largest absolute Gasteiger partial charge is 0.344 e. The molecule has 0 aliphatic carbocycles. The Labute approximate surface area is 99.0 Å². The standard InChI is InChI=1S/C11H22N2O.ClH/c1-3-4-9-13(2)11(14)10-7-5-6-8-12-10;/h10,12H,3-9H2,1-2H3;1H. The van der Waals surface area contributed by atoms with Gasteiger partial charge in [0.15, 0.2) is 0 Å². The Balaban J connectivity index is 0.00000196. The normalized spacial score (nSPS) is 20.5. The first-order chi connectivity index (χ1) is 6.75. The number of unbranched alkanes of at least 4 members (excludes halogenated alkanes) is 1. The number of hydrogen-bond donors (Lipinski definition) is 1. The van der Waals surface area contributed by atoms with Gasteiger partial charge in [0.2, 0.25) is 5.91 Å². The Morgan fingerprint density at radius 2 is 2.20 bits per heavy atom. The van der Waals surface area contributed by atoms with Crippen molar-refractivity contribution in [2.45, 2.75) is 45.1 Å². The van der Waals surface area contributed by atoms with E-state index in [0.717, 1.165) is 32.4 Å². The molecule has 1 atom stereocenters. The van der Waals surface area contributed by atoms with E-state index in [1.165, 1.54) is 12.8 Å². The number of piperidine rings is 1. The SMILES string of the molecule is CCCCN(C)C(=O)C1CCCCN1.Cl. The third kappa shape index (κ3) is 4.85. The molecule has 0 radical (unpaired) electrons. The predicted molar refractivity (Wildman–Crippen MR) is 65.4 cm³/mol. The Bertz CT molecular complexity index is 181. The highest BCUT2D eigenvalue weighted by Gasteiger charge is 2.22. The van der Waals surface area contributed by atoms with Crippen LogP contribution in [0.5, 0.6) is 0 Å². The molecule has 0 aromatic carbocycles. The molecule has 0 bridgehead atoms. The first-order valence-electron chi connectivity index (χ1n) is 5.74. The summed E-state index contributed by atoms with van der Waals surface area (Å²) < 4.78 is 0. The van der Waals surface area contributed by atoms with E-state index < -0.39 is 0 Å². The lowest BCUT2D eigenvalue weighted by atomic mass is 10.0. The number of hydrogen-bond acceptors (Lipinski definition) is 2. The van der Waals surface area contributed by atoms with Crippen LogP contribution in [0.1, 0.15) is 39.0 Å². The lowest BCUT2D eigenvalue weighted by Crippen LogP contribution is -2.47. The molecule has 1 rings (SSSR count). The van der Waals surface area contributed by atoms with Gasteiger partial charge in [-0.25, -0.2) is 0 Å². The fraction of sp³-hybridized carbons (Fsp3) is 0.909. The van der Waals surface area contributed by atoms with E-state index in [1.807, 2.05) is 11.9 Å². The number of nitrogens with one attached hydrogen (secondary N) is 1. The zero-order valence-electron chi connectivity index (χ0n) is 9.79. The maximum atomic E-state index is 11.9. The van der Waals surface area contributed by atoms with E-state index >= 15 is 0 Å². The van der Waals surface area contributed by atoms with Crippen molar-refractivity contribution in [3.63, 3.8) is 0 Å². The molecule has 1 saturated heterocycles. The van der Waals surface area contributed by atoms with Crippen LogP contribution in [-0.4, -0.2) is 37.0 Å². The van der Waals surface area contributed by atoms with E-state index in [-0.39, 0.29) is 24.4 Å². The third-order valence-corrected chi connectivity index (χ3v) is 2.83. The minimum Gasteiger partial charge on any atom is -0.344 e. The topological polar surface area (TPSA) is 32.3 Å². The van der Waals surface area contributed by atoms with Crippen molar-refractivity contribution >= 4 is 18.3 Å². The fourth-order valence-electron chi connectivity index (χ4n) is 1.83. The maximum absolute atomic E-state index is 11.9. The molecular weight excluding hydrogens is 212 g/mol. The second-order valence-corrected chi connectivity index (χ2v) is 4.12. The van der Waals surface area contributed by atoms with Crippen LogP contribution >= 0.6 is 12.4 Å². The minimum absolute atomic E-state index is 0. The summed E-state index contributed by atoms with van der Waals surface area (Å²) in [7, 11) is 1.91. The number of carbonyl (C=O) groups excluding carboxylic acids is 1. The Hall–Kier alpha value is -0.280. The Morgan fingerprint density at radius 1 is 1.47 bits per heavy atom. The molecule has 4 heteroatoms. The van der Waals surface area contributed by atoms with Crippen LogP contribution in [-0.2, 0) is 4.79 Å². The molecule has 1 fully saturated rings. The Kier molecular flexibility index (Phi) is 7.79. The molecule has 1 aliphatic rings. The van der Waals surface area contributed by atoms with Crippen LogP contribution in [0.4, 0.5) is 0 Å². The molecule has 15 heavy (non-hydrogen) atoms. The second kappa shape index (κ2) is 7.94. The summed E-state index contributed by atoms with van der Waals surface area (Å²) in [5, 5.41) is 3.28. The van der Waals surface area contributed by atoms with Gasteiger partial charge in [-0.3, -0.25) is 4.79 Å². The summed E-state index contributed by atoms with van der Waals surface area (Å²) in [6.07, 6.45) is 5.66. The van der Waals surface area contributed by atoms with E-state index in [9.17, 15) is 4.79 Å². The number of nitrogens with zero attached hydrogens (tertiary/aromatic N) is 1. The van der Waals surface area contributed by atoms with E-state index in [2.05, 4.69) is 12.2 Å². The number of carbonyl (C=O) groups is 1. The summed E-state index contributed by atoms with van der Waals surface area (Å²) in [6.45, 7) is 4.04. The van der Waals surface area contributed by atoms with Crippen molar-refractivity contribution in [2.24, 2.45) is 0 Å². The Morgan fingerprint density at radius 3 is 2.73 bits per heavy atom. The van der Waals surface area contributed by atoms with Crippen LogP contribution < -0.4 is 5.32 Å². The number of likely N-dealkylation sites (N-methyl/N-ethyl adjacent to an activating group) is 1. The lowest BCUT2D eigenvalue weighted by Gasteiger charge is -2.27. The van der Waals surface area contributed by atoms with Crippen molar-refractivity contribution in [2.75, 3.05) is 20.1 Å². The zero-order chi connectivity index (χ0) is 10.4. The first-order valence-corrected chi connectivity index (χ1v) is 5.74. The molecule has 3 nitrogen and oxygen atoms in total. The zero-order valence-corrected chi connectivity index (χ0v) is 10.6. The fourth-order valence-corrected chi connectivity index (χ4v) is 1.83. The average Bonchev–Trinajstić information content (AvgIpc) is 2.26. The van der Waals surface area contributed by atoms with Crippen LogP contribution in [0.3, 0.4) is 0 Å². The molecule has 1 heterocycles. The number of halogens is 1. The highest BCUT2D eigenvalue weighted by molar-refractivity contribution is 5.85. The third-order valence-electron chi connectivity index (χ3n) is 2.83. The summed E-state index contributed by atoms with van der Waals surface area (Å²) in [4.78, 5) is 13.7. The monoisotopic (exact) mass is 234 g/mol. The molecule has 1 amide bonds. The van der Waals surface area contributed by atoms with Crippen LogP contribution in [0.15, 0.2) is 0 Å². The highest BCUT2D eigenvalue weighted by Crippen LogP contribution is 2.09. The van der Waals surface area contributed by atoms with Crippen molar-refractivity contribution in [3.8, 4) is 0 Å². The summed E-state index contributed by atoms with van der Waals surface area (Å²) in [5.41, 5.74) is 0. The van der Waals surface area contributed by atoms with E-state index in [4.69, 9.17) is 0 Å². The first kappa shape index (κ1) is 14.7. The number of rotatable bonds is 4. The van der Waals surface area contributed by atoms with Crippen molar-refractivity contribution < 1.29 is 4.79 Å². The summed E-state index contributed by atoms with van der Waals surface area (Å²) in [5.74, 6) is 0.276. The van der Waals surface area contributed by atoms with Gasteiger partial charge in [0.25, 0.3) is 0 Å². The van der Waals surface area contributed by atoms with E-state index in [0.29, 0.717) is 0 Å². The molecule has 1 unspecified atom stereocenters. The van der Waals surface area contributed by atoms with Gasteiger partial charge in [-0.2, -0.15) is 0 Å². The van der Waals surface area contributed by atoms with Crippen LogP contribution in [0.2, 0.25) is 0 Å². The average molecular weight is 235 g/mol. The van der Waals surface area contributed by atoms with Gasteiger partial charge in [0, 0.05) is 13.6 Å². The summed E-state index contributed by atoms with van der Waals surface area (Å²) in [6, 6.07) is 0.0885. The van der Waals surface area contributed by atoms with Gasteiger partial charge < -0.3 is 10.2 Å². The second-order valence-electron chi connectivity index (χ2n) is 4.12. The quantitative estimate of drug-likeness (QED) is 0.805. The molecule has 0 saturated carbocycles. The molecule has 1 N–H and O–H groups in total. The summed E-state index contributed by atoms with van der Waals surface area (Å²) >= 11 is 0. The smallest absolute Gasteiger partial charge is 0.239 e. The maximum Gasteiger partial charge on any atom is 0.239 e. The van der Waals surface area contributed by atoms with Crippen LogP contribution in [0.25, 0.3) is 0 Å². The molecular formula is C11H23ClN2O. The van der Waals surface area contributed by atoms with Crippen molar-refractivity contribution in [1.82, 2.24) is 10.2 Å². The highest BCUT2D eigenvalue weighted by atomic mass is 35.5. The molecule has 0 aromatic rings. The van der Waals surface area contributed by atoms with Gasteiger partial charge >= 0.3 is 0 Å². The van der Waals surface area contributed by atoms with Gasteiger partial charge in [0.05, 0.1) is 6.04 Å². The van der Waals surface area contributed by atoms with Gasteiger partial charge in [0.1, 0.15) is 0 Å². The van der Waals surface area contributed by atoms with E-state index in [1.54, 1.807) is 0 Å². The van der Waals surface area contributed by atoms with Gasteiger partial charge in [-0.1, -0.05) is 19.8 Å². The van der Waals surface area contributed by atoms with Crippen molar-refractivity contribution in [1.29, 1.82) is 0 Å². The molecule has 0 aromatic heterocycles. The minimum atomic E-state index is 0. The molecule has 0 spiro atoms. The molecule has 1 aliphatic heterocycles. The molecule has 90 valence electrons. The predicted octanol–water partition coefficient (Wildman–Crippen LogP) is 1.81. The van der Waals surface area contributed by atoms with Gasteiger partial charge in [-0.15, -0.1) is 12.4 Å². The lowest BCUT2D eigenvalue weighted by molar-refractivity contribution is -0.132. The van der Waals surface area contributed by atoms with Crippen LogP contribution in [0, 0.1) is 0 Å².